The van der Waals surface area contributed by atoms with Crippen LogP contribution in [0.25, 0.3) is 0 Å². The van der Waals surface area contributed by atoms with Crippen LogP contribution in [0, 0.1) is 11.8 Å². The van der Waals surface area contributed by atoms with Crippen LogP contribution in [0.1, 0.15) is 40.0 Å². The molecule has 2 amide bonds. The van der Waals surface area contributed by atoms with Gasteiger partial charge in [0.2, 0.25) is 11.8 Å². The van der Waals surface area contributed by atoms with Crippen LogP contribution >= 0.6 is 0 Å². The third-order valence-corrected chi connectivity index (χ3v) is 3.47. The van der Waals surface area contributed by atoms with Crippen LogP contribution in [0.15, 0.2) is 0 Å². The predicted octanol–water partition coefficient (Wildman–Crippen LogP) is 0.860. The van der Waals surface area contributed by atoms with Crippen molar-refractivity contribution < 1.29 is 19.5 Å². The van der Waals surface area contributed by atoms with E-state index >= 15 is 0 Å². The molecule has 0 aromatic carbocycles. The molecule has 0 saturated carbocycles. The molecule has 2 unspecified atom stereocenters. The number of nitrogens with zero attached hydrogens (tertiary/aromatic N) is 1. The first-order valence-corrected chi connectivity index (χ1v) is 7.12. The fraction of sp³-hybridized carbons (Fsp3) is 0.786. The number of carbonyl (C=O) groups is 3. The second kappa shape index (κ2) is 7.26. The van der Waals surface area contributed by atoms with Crippen molar-refractivity contribution in [3.05, 3.63) is 0 Å². The summed E-state index contributed by atoms with van der Waals surface area (Å²) in [6, 6.07) is -0.392. The molecule has 2 atom stereocenters. The van der Waals surface area contributed by atoms with E-state index in [0.717, 1.165) is 12.8 Å². The van der Waals surface area contributed by atoms with Gasteiger partial charge in [-0.1, -0.05) is 13.8 Å². The molecule has 1 aliphatic heterocycles. The van der Waals surface area contributed by atoms with Crippen LogP contribution in [-0.4, -0.2) is 46.9 Å². The molecule has 1 fully saturated rings. The first kappa shape index (κ1) is 16.5. The van der Waals surface area contributed by atoms with E-state index in [1.807, 2.05) is 13.8 Å². The summed E-state index contributed by atoms with van der Waals surface area (Å²) in [7, 11) is 0. The van der Waals surface area contributed by atoms with Gasteiger partial charge in [-0.3, -0.25) is 14.4 Å². The van der Waals surface area contributed by atoms with E-state index in [2.05, 4.69) is 5.32 Å². The van der Waals surface area contributed by atoms with Gasteiger partial charge >= 0.3 is 5.97 Å². The Hall–Kier alpha value is -1.59. The predicted molar refractivity (Wildman–Crippen MR) is 74.0 cm³/mol. The van der Waals surface area contributed by atoms with Crippen molar-refractivity contribution in [2.45, 2.75) is 46.1 Å². The molecule has 1 saturated heterocycles. The number of carboxylic acid groups (broad SMARTS) is 1. The summed E-state index contributed by atoms with van der Waals surface area (Å²) in [5, 5.41) is 11.4. The van der Waals surface area contributed by atoms with E-state index in [0.29, 0.717) is 13.1 Å². The van der Waals surface area contributed by atoms with E-state index in [9.17, 15) is 14.4 Å². The minimum atomic E-state index is -0.932. The molecule has 20 heavy (non-hydrogen) atoms. The number of carbonyl (C=O) groups excluding carboxylic acids is 2. The summed E-state index contributed by atoms with van der Waals surface area (Å²) >= 11 is 0. The van der Waals surface area contributed by atoms with E-state index in [4.69, 9.17) is 5.11 Å². The van der Waals surface area contributed by atoms with Crippen molar-refractivity contribution in [2.75, 3.05) is 13.1 Å². The fourth-order valence-corrected chi connectivity index (χ4v) is 2.43. The quantitative estimate of drug-likeness (QED) is 0.784. The van der Waals surface area contributed by atoms with Gasteiger partial charge in [-0.15, -0.1) is 0 Å². The number of carboxylic acids is 1. The molecule has 2 N–H and O–H groups in total. The molecule has 6 nitrogen and oxygen atoms in total. The number of aliphatic carboxylic acids is 1. The molecule has 0 spiro atoms. The maximum atomic E-state index is 12.1. The molecule has 1 aliphatic rings. The number of rotatable bonds is 5. The van der Waals surface area contributed by atoms with E-state index in [1.54, 1.807) is 11.8 Å². The molecular formula is C14H24N2O4. The normalized spacial score (nSPS) is 20.6. The number of piperidine rings is 1. The van der Waals surface area contributed by atoms with Crippen molar-refractivity contribution in [1.29, 1.82) is 0 Å². The second-order valence-corrected chi connectivity index (χ2v) is 5.79. The average molecular weight is 284 g/mol. The van der Waals surface area contributed by atoms with Crippen molar-refractivity contribution in [2.24, 2.45) is 11.8 Å². The Balaban J connectivity index is 2.52. The zero-order chi connectivity index (χ0) is 15.3. The number of hydrogen-bond donors (Lipinski definition) is 2. The number of nitrogens with one attached hydrogen (secondary N) is 1. The summed E-state index contributed by atoms with van der Waals surface area (Å²) in [5.41, 5.74) is 0. The van der Waals surface area contributed by atoms with Crippen molar-refractivity contribution >= 4 is 17.8 Å². The minimum Gasteiger partial charge on any atom is -0.481 e. The lowest BCUT2D eigenvalue weighted by Gasteiger charge is -2.33. The highest BCUT2D eigenvalue weighted by Gasteiger charge is 2.29. The third kappa shape index (κ3) is 4.83. The van der Waals surface area contributed by atoms with Crippen LogP contribution in [-0.2, 0) is 14.4 Å². The van der Waals surface area contributed by atoms with Gasteiger partial charge < -0.3 is 15.3 Å². The van der Waals surface area contributed by atoms with E-state index < -0.39 is 12.0 Å². The average Bonchev–Trinajstić information content (AvgIpc) is 2.36. The van der Waals surface area contributed by atoms with Gasteiger partial charge in [0, 0.05) is 25.0 Å². The van der Waals surface area contributed by atoms with Gasteiger partial charge in [0.15, 0.2) is 0 Å². The summed E-state index contributed by atoms with van der Waals surface area (Å²) < 4.78 is 0. The van der Waals surface area contributed by atoms with Gasteiger partial charge in [-0.05, 0) is 19.8 Å². The Morgan fingerprint density at radius 3 is 2.50 bits per heavy atom. The van der Waals surface area contributed by atoms with Crippen molar-refractivity contribution in [1.82, 2.24) is 10.2 Å². The fourth-order valence-electron chi connectivity index (χ4n) is 2.43. The smallest absolute Gasteiger partial charge is 0.305 e. The molecule has 1 rings (SSSR count). The largest absolute Gasteiger partial charge is 0.481 e. The summed E-state index contributed by atoms with van der Waals surface area (Å²) in [4.78, 5) is 36.4. The summed E-state index contributed by atoms with van der Waals surface area (Å²) in [6.45, 7) is 6.50. The van der Waals surface area contributed by atoms with Crippen LogP contribution in [0.2, 0.25) is 0 Å². The standard InChI is InChI=1S/C14H24N2O4/c1-9(2)14(20)16-6-4-5-11(8-16)13(19)15-10(3)7-12(17)18/h9-11H,4-8H2,1-3H3,(H,15,19)(H,17,18). The Morgan fingerprint density at radius 2 is 1.95 bits per heavy atom. The maximum Gasteiger partial charge on any atom is 0.305 e. The minimum absolute atomic E-state index is 0.0669. The topological polar surface area (TPSA) is 86.7 Å². The highest BCUT2D eigenvalue weighted by Crippen LogP contribution is 2.18. The van der Waals surface area contributed by atoms with Crippen LogP contribution in [0.3, 0.4) is 0 Å². The molecular weight excluding hydrogens is 260 g/mol. The van der Waals surface area contributed by atoms with Crippen LogP contribution in [0.5, 0.6) is 0 Å². The number of likely N-dealkylation sites (tertiary alicyclic amines) is 1. The van der Waals surface area contributed by atoms with Crippen molar-refractivity contribution in [3.8, 4) is 0 Å². The number of hydrogen-bond acceptors (Lipinski definition) is 3. The highest BCUT2D eigenvalue weighted by atomic mass is 16.4. The van der Waals surface area contributed by atoms with Gasteiger partial charge in [0.25, 0.3) is 0 Å². The maximum absolute atomic E-state index is 12.1. The molecule has 0 radical (unpaired) electrons. The van der Waals surface area contributed by atoms with Gasteiger partial charge in [-0.25, -0.2) is 0 Å². The van der Waals surface area contributed by atoms with Gasteiger partial charge in [0.05, 0.1) is 12.3 Å². The third-order valence-electron chi connectivity index (χ3n) is 3.47. The summed E-state index contributed by atoms with van der Waals surface area (Å²) in [5.74, 6) is -1.32. The first-order valence-electron chi connectivity index (χ1n) is 7.12. The Bertz CT molecular complexity index is 381. The van der Waals surface area contributed by atoms with Crippen molar-refractivity contribution in [3.63, 3.8) is 0 Å². The Morgan fingerprint density at radius 1 is 1.30 bits per heavy atom. The lowest BCUT2D eigenvalue weighted by atomic mass is 9.95. The monoisotopic (exact) mass is 284 g/mol. The van der Waals surface area contributed by atoms with E-state index in [-0.39, 0.29) is 30.1 Å². The SMILES string of the molecule is CC(CC(=O)O)NC(=O)C1CCCN(C(=O)C(C)C)C1. The lowest BCUT2D eigenvalue weighted by molar-refractivity contribution is -0.138. The second-order valence-electron chi connectivity index (χ2n) is 5.79. The summed E-state index contributed by atoms with van der Waals surface area (Å²) in [6.07, 6.45) is 1.46. The number of amides is 2. The molecule has 0 bridgehead atoms. The zero-order valence-electron chi connectivity index (χ0n) is 12.4. The molecule has 0 aromatic heterocycles. The van der Waals surface area contributed by atoms with Crippen LogP contribution in [0.4, 0.5) is 0 Å². The Labute approximate surface area is 119 Å². The Kier molecular flexibility index (Phi) is 5.98. The molecule has 114 valence electrons. The zero-order valence-corrected chi connectivity index (χ0v) is 12.4. The van der Waals surface area contributed by atoms with E-state index in [1.165, 1.54) is 0 Å². The van der Waals surface area contributed by atoms with Gasteiger partial charge in [0.1, 0.15) is 0 Å². The molecule has 0 aromatic rings. The lowest BCUT2D eigenvalue weighted by Crippen LogP contribution is -2.48. The molecule has 1 heterocycles. The van der Waals surface area contributed by atoms with Crippen LogP contribution < -0.4 is 5.32 Å². The highest BCUT2D eigenvalue weighted by molar-refractivity contribution is 5.82. The molecule has 0 aliphatic carbocycles. The van der Waals surface area contributed by atoms with Gasteiger partial charge in [-0.2, -0.15) is 0 Å². The first-order chi connectivity index (χ1) is 9.31. The molecule has 6 heteroatoms.